The maximum absolute atomic E-state index is 13.5. The Balaban J connectivity index is 1.12. The Kier molecular flexibility index (Phi) is 18.8. The summed E-state index contributed by atoms with van der Waals surface area (Å²) in [6.45, 7) is 2.13. The third kappa shape index (κ3) is 14.3. The highest BCUT2D eigenvalue weighted by Crippen LogP contribution is 2.34. The topological polar surface area (TPSA) is 138 Å². The molecule has 0 unspecified atom stereocenters. The van der Waals surface area contributed by atoms with Gasteiger partial charge < -0.3 is 52.7 Å². The molecule has 0 aliphatic carbocycles. The first-order chi connectivity index (χ1) is 34.4. The van der Waals surface area contributed by atoms with Crippen molar-refractivity contribution in [1.29, 1.82) is 0 Å². The Hall–Kier alpha value is -6.10. The number of benzene rings is 6. The number of nitrogens with one attached hydrogen (secondary N) is 1. The highest BCUT2D eigenvalue weighted by atomic mass is 16.7. The molecule has 13 nitrogen and oxygen atoms in total. The summed E-state index contributed by atoms with van der Waals surface area (Å²) >= 11 is 0. The fourth-order valence-corrected chi connectivity index (χ4v) is 8.58. The van der Waals surface area contributed by atoms with Gasteiger partial charge in [0.05, 0.1) is 45.2 Å². The van der Waals surface area contributed by atoms with E-state index >= 15 is 0 Å². The maximum Gasteiger partial charge on any atom is 0.338 e. The lowest BCUT2D eigenvalue weighted by atomic mass is 9.95. The minimum Gasteiger partial charge on any atom is -0.459 e. The predicted molar refractivity (Wildman–Crippen MR) is 260 cm³/mol. The first-order valence-electron chi connectivity index (χ1n) is 23.6. The predicted octanol–water partition coefficient (Wildman–Crippen LogP) is 8.39. The smallest absolute Gasteiger partial charge is 0.338 e. The van der Waals surface area contributed by atoms with E-state index in [-0.39, 0.29) is 52.2 Å². The van der Waals surface area contributed by atoms with Gasteiger partial charge >= 0.3 is 5.97 Å². The lowest BCUT2D eigenvalue weighted by Crippen LogP contribution is -2.67. The number of hydrogen-bond acceptors (Lipinski definition) is 12. The lowest BCUT2D eigenvalue weighted by Gasteiger charge is -2.48. The molecule has 1 N–H and O–H groups in total. The van der Waals surface area contributed by atoms with Gasteiger partial charge in [0, 0.05) is 14.0 Å². The van der Waals surface area contributed by atoms with Crippen molar-refractivity contribution in [3.05, 3.63) is 215 Å². The Morgan fingerprint density at radius 2 is 0.786 bits per heavy atom. The average molecular weight is 952 g/mol. The summed E-state index contributed by atoms with van der Waals surface area (Å²) < 4.78 is 66.2. The van der Waals surface area contributed by atoms with Crippen LogP contribution in [0.2, 0.25) is 0 Å². The van der Waals surface area contributed by atoms with Crippen molar-refractivity contribution in [2.75, 3.05) is 20.3 Å². The van der Waals surface area contributed by atoms with Crippen LogP contribution in [0.4, 0.5) is 0 Å². The van der Waals surface area contributed by atoms with Gasteiger partial charge in [-0.05, 0) is 39.9 Å². The SMILES string of the molecule is CO[C@H]1O[C@H](CO[C@H]2O[C@H](COC(=O)c3ccccc3)[C@@H](OCc3ccccc3)[C@H](OCc3ccccc3)[C@@H]2NC(C)=O)[C@@H](OCc2ccccc2)[C@H](OCc2ccccc2)[C@H]1OCc1ccccc1. The van der Waals surface area contributed by atoms with Crippen LogP contribution >= 0.6 is 0 Å². The number of esters is 1. The van der Waals surface area contributed by atoms with Crippen LogP contribution in [0.5, 0.6) is 0 Å². The Labute approximate surface area is 409 Å². The van der Waals surface area contributed by atoms with E-state index in [1.54, 1.807) is 31.4 Å². The molecule has 8 rings (SSSR count). The molecular weight excluding hydrogens is 891 g/mol. The van der Waals surface area contributed by atoms with Crippen molar-refractivity contribution in [1.82, 2.24) is 5.32 Å². The van der Waals surface area contributed by atoms with E-state index in [9.17, 15) is 9.59 Å². The first-order valence-corrected chi connectivity index (χ1v) is 23.6. The van der Waals surface area contributed by atoms with E-state index in [0.29, 0.717) is 5.56 Å². The molecule has 2 fully saturated rings. The molecule has 70 heavy (non-hydrogen) atoms. The standard InChI is InChI=1S/C57H61NO12/c1-40(59)58-49-52(64-35-43-25-13-5-14-26-43)50(62-33-41-21-9-3-10-22-41)47(38-67-55(60)46-31-19-8-20-32-46)69-56(49)68-39-48-51(63-34-42-23-11-4-12-24-42)53(65-36-44-27-15-6-16-28-44)54(57(61-2)70-48)66-37-45-29-17-7-18-30-45/h3-32,47-54,56-57H,33-39H2,1-2H3,(H,58,59)/t47-,48-,49+,50-,51-,52-,53+,54-,56+,57+/m1/s1. The van der Waals surface area contributed by atoms with Crippen LogP contribution in [0.15, 0.2) is 182 Å². The van der Waals surface area contributed by atoms with Gasteiger partial charge in [0.2, 0.25) is 5.91 Å². The molecule has 2 saturated heterocycles. The summed E-state index contributed by atoms with van der Waals surface area (Å²) in [5.41, 5.74) is 5.03. The second-order valence-corrected chi connectivity index (χ2v) is 17.2. The molecule has 2 aliphatic rings. The van der Waals surface area contributed by atoms with E-state index in [2.05, 4.69) is 5.32 Å². The molecule has 0 bridgehead atoms. The normalized spacial score (nSPS) is 24.4. The molecule has 0 aromatic heterocycles. The largest absolute Gasteiger partial charge is 0.459 e. The van der Waals surface area contributed by atoms with Gasteiger partial charge in [-0.3, -0.25) is 4.79 Å². The number of carbonyl (C=O) groups excluding carboxylic acids is 2. The number of methoxy groups -OCH3 is 1. The maximum atomic E-state index is 13.5. The highest BCUT2D eigenvalue weighted by molar-refractivity contribution is 5.89. The van der Waals surface area contributed by atoms with Crippen molar-refractivity contribution in [3.8, 4) is 0 Å². The third-order valence-corrected chi connectivity index (χ3v) is 12.1. The molecule has 6 aromatic carbocycles. The van der Waals surface area contributed by atoms with Crippen molar-refractivity contribution in [2.24, 2.45) is 0 Å². The molecule has 13 heteroatoms. The van der Waals surface area contributed by atoms with Gasteiger partial charge in [-0.25, -0.2) is 4.79 Å². The van der Waals surface area contributed by atoms with Gasteiger partial charge in [0.15, 0.2) is 12.6 Å². The molecular formula is C57H61NO12. The number of amides is 1. The monoisotopic (exact) mass is 951 g/mol. The molecule has 1 amide bonds. The van der Waals surface area contributed by atoms with Crippen LogP contribution in [-0.2, 0) is 85.2 Å². The molecule has 2 heterocycles. The lowest BCUT2D eigenvalue weighted by molar-refractivity contribution is -0.336. The van der Waals surface area contributed by atoms with Crippen LogP contribution in [0.3, 0.4) is 0 Å². The number of ether oxygens (including phenoxy) is 10. The Morgan fingerprint density at radius 1 is 0.429 bits per heavy atom. The molecule has 0 spiro atoms. The van der Waals surface area contributed by atoms with E-state index in [1.807, 2.05) is 158 Å². The average Bonchev–Trinajstić information content (AvgIpc) is 3.41. The Morgan fingerprint density at radius 3 is 1.21 bits per heavy atom. The second kappa shape index (κ2) is 26.2. The summed E-state index contributed by atoms with van der Waals surface area (Å²) in [7, 11) is 1.56. The van der Waals surface area contributed by atoms with Crippen molar-refractivity contribution in [3.63, 3.8) is 0 Å². The van der Waals surface area contributed by atoms with Crippen LogP contribution in [0, 0.1) is 0 Å². The van der Waals surface area contributed by atoms with Gasteiger partial charge in [0.25, 0.3) is 0 Å². The Bertz CT molecular complexity index is 2440. The summed E-state index contributed by atoms with van der Waals surface area (Å²) in [6, 6.07) is 56.7. The van der Waals surface area contributed by atoms with E-state index in [0.717, 1.165) is 27.8 Å². The second-order valence-electron chi connectivity index (χ2n) is 17.2. The highest BCUT2D eigenvalue weighted by Gasteiger charge is 2.52. The van der Waals surface area contributed by atoms with Crippen molar-refractivity contribution in [2.45, 2.75) is 101 Å². The summed E-state index contributed by atoms with van der Waals surface area (Å²) in [5, 5.41) is 3.07. The van der Waals surface area contributed by atoms with Crippen molar-refractivity contribution < 1.29 is 57.0 Å². The minimum absolute atomic E-state index is 0.131. The molecule has 6 aromatic rings. The minimum atomic E-state index is -1.18. The number of rotatable bonds is 23. The van der Waals surface area contributed by atoms with E-state index < -0.39 is 67.3 Å². The zero-order valence-corrected chi connectivity index (χ0v) is 39.4. The first kappa shape index (κ1) is 50.3. The number of hydrogen-bond donors (Lipinski definition) is 1. The van der Waals surface area contributed by atoms with E-state index in [1.165, 1.54) is 6.92 Å². The van der Waals surface area contributed by atoms with Crippen molar-refractivity contribution >= 4 is 11.9 Å². The summed E-state index contributed by atoms with van der Waals surface area (Å²) in [6.07, 6.45) is -7.89. The van der Waals surface area contributed by atoms with Crippen LogP contribution in [0.1, 0.15) is 45.1 Å². The van der Waals surface area contributed by atoms with Gasteiger partial charge in [0.1, 0.15) is 55.4 Å². The number of carbonyl (C=O) groups is 2. The van der Waals surface area contributed by atoms with Gasteiger partial charge in [-0.15, -0.1) is 0 Å². The fraction of sp³-hybridized carbons (Fsp3) is 0.333. The molecule has 0 saturated carbocycles. The van der Waals surface area contributed by atoms with Gasteiger partial charge in [-0.1, -0.05) is 170 Å². The zero-order chi connectivity index (χ0) is 48.3. The molecule has 366 valence electrons. The van der Waals surface area contributed by atoms with Crippen LogP contribution < -0.4 is 5.32 Å². The molecule has 10 atom stereocenters. The fourth-order valence-electron chi connectivity index (χ4n) is 8.58. The van der Waals surface area contributed by atoms with Crippen LogP contribution in [0.25, 0.3) is 0 Å². The molecule has 2 aliphatic heterocycles. The van der Waals surface area contributed by atoms with Gasteiger partial charge in [-0.2, -0.15) is 0 Å². The molecule has 0 radical (unpaired) electrons. The zero-order valence-electron chi connectivity index (χ0n) is 39.4. The quantitative estimate of drug-likeness (QED) is 0.0618. The third-order valence-electron chi connectivity index (χ3n) is 12.1. The summed E-state index contributed by atoms with van der Waals surface area (Å²) in [5.74, 6) is -0.893. The van der Waals surface area contributed by atoms with Crippen LogP contribution in [-0.4, -0.2) is 93.5 Å². The summed E-state index contributed by atoms with van der Waals surface area (Å²) in [4.78, 5) is 26.7. The van der Waals surface area contributed by atoms with E-state index in [4.69, 9.17) is 47.4 Å².